The smallest absolute Gasteiger partial charge is 0.243 e. The first-order valence-corrected chi connectivity index (χ1v) is 9.14. The standard InChI is InChI=1S/C13H20N2O3S2/c1-18-12-2-3-13(11(10-12)4-5-14)20(16,17)15-6-8-19-9-7-15/h2-3,10H,4-9,14H2,1H3. The van der Waals surface area contributed by atoms with Gasteiger partial charge >= 0.3 is 0 Å². The Labute approximate surface area is 124 Å². The molecule has 0 radical (unpaired) electrons. The van der Waals surface area contributed by atoms with E-state index in [9.17, 15) is 8.42 Å². The average Bonchev–Trinajstić information content (AvgIpc) is 2.48. The van der Waals surface area contributed by atoms with Gasteiger partial charge < -0.3 is 10.5 Å². The van der Waals surface area contributed by atoms with Gasteiger partial charge in [0.05, 0.1) is 12.0 Å². The van der Waals surface area contributed by atoms with Crippen molar-refractivity contribution in [3.8, 4) is 5.75 Å². The zero-order valence-electron chi connectivity index (χ0n) is 11.5. The van der Waals surface area contributed by atoms with Crippen molar-refractivity contribution in [1.29, 1.82) is 0 Å². The van der Waals surface area contributed by atoms with E-state index in [0.29, 0.717) is 36.7 Å². The molecule has 0 bridgehead atoms. The molecule has 1 aliphatic rings. The maximum atomic E-state index is 12.7. The summed E-state index contributed by atoms with van der Waals surface area (Å²) >= 11 is 1.78. The van der Waals surface area contributed by atoms with E-state index < -0.39 is 10.0 Å². The molecule has 1 heterocycles. The number of hydrogen-bond donors (Lipinski definition) is 1. The fraction of sp³-hybridized carbons (Fsp3) is 0.538. The van der Waals surface area contributed by atoms with Crippen molar-refractivity contribution >= 4 is 21.8 Å². The number of benzene rings is 1. The van der Waals surface area contributed by atoms with Gasteiger partial charge in [-0.3, -0.25) is 0 Å². The second-order valence-electron chi connectivity index (χ2n) is 4.53. The van der Waals surface area contributed by atoms with Crippen molar-refractivity contribution in [2.24, 2.45) is 5.73 Å². The van der Waals surface area contributed by atoms with Crippen LogP contribution in [0.4, 0.5) is 0 Å². The minimum Gasteiger partial charge on any atom is -0.497 e. The molecule has 0 unspecified atom stereocenters. The number of rotatable bonds is 5. The lowest BCUT2D eigenvalue weighted by atomic mass is 10.1. The number of methoxy groups -OCH3 is 1. The molecule has 0 spiro atoms. The fourth-order valence-electron chi connectivity index (χ4n) is 2.21. The molecule has 1 aromatic rings. The molecule has 7 heteroatoms. The number of nitrogens with zero attached hydrogens (tertiary/aromatic N) is 1. The molecule has 0 amide bonds. The summed E-state index contributed by atoms with van der Waals surface area (Å²) in [6.45, 7) is 1.55. The van der Waals surface area contributed by atoms with Crippen LogP contribution in [0.3, 0.4) is 0 Å². The van der Waals surface area contributed by atoms with E-state index >= 15 is 0 Å². The van der Waals surface area contributed by atoms with Gasteiger partial charge in [-0.15, -0.1) is 0 Å². The predicted octanol–water partition coefficient (Wildman–Crippen LogP) is 0.934. The van der Waals surface area contributed by atoms with Gasteiger partial charge in [-0.05, 0) is 36.7 Å². The summed E-state index contributed by atoms with van der Waals surface area (Å²) < 4.78 is 32.2. The first-order chi connectivity index (χ1) is 9.59. The second-order valence-corrected chi connectivity index (χ2v) is 7.66. The van der Waals surface area contributed by atoms with Gasteiger partial charge in [0.25, 0.3) is 0 Å². The molecule has 1 aromatic carbocycles. The quantitative estimate of drug-likeness (QED) is 0.875. The average molecular weight is 316 g/mol. The lowest BCUT2D eigenvalue weighted by Gasteiger charge is -2.26. The molecule has 2 rings (SSSR count). The normalized spacial score (nSPS) is 17.1. The van der Waals surface area contributed by atoms with Crippen LogP contribution in [0, 0.1) is 0 Å². The highest BCUT2D eigenvalue weighted by Crippen LogP contribution is 2.26. The summed E-state index contributed by atoms with van der Waals surface area (Å²) in [4.78, 5) is 0.357. The predicted molar refractivity (Wildman–Crippen MR) is 81.8 cm³/mol. The highest BCUT2D eigenvalue weighted by atomic mass is 32.2. The Morgan fingerprint density at radius 1 is 1.35 bits per heavy atom. The van der Waals surface area contributed by atoms with Crippen LogP contribution in [0.5, 0.6) is 5.75 Å². The molecule has 112 valence electrons. The Balaban J connectivity index is 2.39. The molecule has 20 heavy (non-hydrogen) atoms. The summed E-state index contributed by atoms with van der Waals surface area (Å²) in [7, 11) is -1.86. The monoisotopic (exact) mass is 316 g/mol. The van der Waals surface area contributed by atoms with Crippen molar-refractivity contribution in [2.75, 3.05) is 38.2 Å². The molecule has 5 nitrogen and oxygen atoms in total. The van der Waals surface area contributed by atoms with Crippen LogP contribution in [0.25, 0.3) is 0 Å². The van der Waals surface area contributed by atoms with Gasteiger partial charge in [0.15, 0.2) is 0 Å². The Hall–Kier alpha value is -0.760. The molecule has 2 N–H and O–H groups in total. The molecule has 0 aliphatic carbocycles. The van der Waals surface area contributed by atoms with E-state index in [1.54, 1.807) is 41.4 Å². The minimum atomic E-state index is -3.43. The highest BCUT2D eigenvalue weighted by molar-refractivity contribution is 7.99. The zero-order chi connectivity index (χ0) is 14.6. The summed E-state index contributed by atoms with van der Waals surface area (Å²) in [5, 5.41) is 0. The maximum Gasteiger partial charge on any atom is 0.243 e. The van der Waals surface area contributed by atoms with Gasteiger partial charge in [-0.2, -0.15) is 16.1 Å². The van der Waals surface area contributed by atoms with Crippen LogP contribution in [0.15, 0.2) is 23.1 Å². The van der Waals surface area contributed by atoms with Gasteiger partial charge in [0.1, 0.15) is 5.75 Å². The van der Waals surface area contributed by atoms with Crippen LogP contribution in [-0.4, -0.2) is 51.0 Å². The van der Waals surface area contributed by atoms with Crippen molar-refractivity contribution in [1.82, 2.24) is 4.31 Å². The number of ether oxygens (including phenoxy) is 1. The van der Waals surface area contributed by atoms with Crippen LogP contribution in [-0.2, 0) is 16.4 Å². The molecular weight excluding hydrogens is 296 g/mol. The first kappa shape index (κ1) is 15.6. The topological polar surface area (TPSA) is 72.6 Å². The van der Waals surface area contributed by atoms with Gasteiger partial charge in [0, 0.05) is 24.6 Å². The van der Waals surface area contributed by atoms with Gasteiger partial charge in [-0.1, -0.05) is 0 Å². The van der Waals surface area contributed by atoms with Crippen molar-refractivity contribution < 1.29 is 13.2 Å². The van der Waals surface area contributed by atoms with Crippen LogP contribution < -0.4 is 10.5 Å². The summed E-state index contributed by atoms with van der Waals surface area (Å²) in [6, 6.07) is 5.07. The van der Waals surface area contributed by atoms with Crippen molar-refractivity contribution in [2.45, 2.75) is 11.3 Å². The maximum absolute atomic E-state index is 12.7. The highest BCUT2D eigenvalue weighted by Gasteiger charge is 2.28. The third-order valence-corrected chi connectivity index (χ3v) is 6.21. The zero-order valence-corrected chi connectivity index (χ0v) is 13.2. The molecule has 1 fully saturated rings. The molecular formula is C13H20N2O3S2. The molecule has 1 aliphatic heterocycles. The largest absolute Gasteiger partial charge is 0.497 e. The van der Waals surface area contributed by atoms with Crippen molar-refractivity contribution in [3.05, 3.63) is 23.8 Å². The van der Waals surface area contributed by atoms with Crippen LogP contribution in [0.2, 0.25) is 0 Å². The van der Waals surface area contributed by atoms with E-state index in [-0.39, 0.29) is 0 Å². The van der Waals surface area contributed by atoms with E-state index in [0.717, 1.165) is 17.1 Å². The van der Waals surface area contributed by atoms with E-state index in [1.807, 2.05) is 0 Å². The van der Waals surface area contributed by atoms with Gasteiger partial charge in [0.2, 0.25) is 10.0 Å². The number of thioether (sulfide) groups is 1. The van der Waals surface area contributed by atoms with Gasteiger partial charge in [-0.25, -0.2) is 8.42 Å². The Bertz CT molecular complexity index is 555. The van der Waals surface area contributed by atoms with E-state index in [1.165, 1.54) is 0 Å². The van der Waals surface area contributed by atoms with E-state index in [4.69, 9.17) is 10.5 Å². The molecule has 0 aromatic heterocycles. The second kappa shape index (κ2) is 6.80. The van der Waals surface area contributed by atoms with E-state index in [2.05, 4.69) is 0 Å². The molecule has 0 saturated carbocycles. The molecule has 0 atom stereocenters. The lowest BCUT2D eigenvalue weighted by Crippen LogP contribution is -2.38. The number of sulfonamides is 1. The van der Waals surface area contributed by atoms with Crippen molar-refractivity contribution in [3.63, 3.8) is 0 Å². The minimum absolute atomic E-state index is 0.357. The lowest BCUT2D eigenvalue weighted by molar-refractivity contribution is 0.413. The first-order valence-electron chi connectivity index (χ1n) is 6.54. The number of hydrogen-bond acceptors (Lipinski definition) is 5. The third-order valence-electron chi connectivity index (χ3n) is 3.27. The van der Waals surface area contributed by atoms with Crippen LogP contribution >= 0.6 is 11.8 Å². The Morgan fingerprint density at radius 3 is 2.65 bits per heavy atom. The fourth-order valence-corrected chi connectivity index (χ4v) is 5.02. The Morgan fingerprint density at radius 2 is 2.05 bits per heavy atom. The summed E-state index contributed by atoms with van der Waals surface area (Å²) in [5.41, 5.74) is 6.32. The SMILES string of the molecule is COc1ccc(S(=O)(=O)N2CCSCC2)c(CCN)c1. The Kier molecular flexibility index (Phi) is 5.31. The van der Waals surface area contributed by atoms with Crippen LogP contribution in [0.1, 0.15) is 5.56 Å². The summed E-state index contributed by atoms with van der Waals surface area (Å²) in [5.74, 6) is 2.35. The number of nitrogens with two attached hydrogens (primary N) is 1. The summed E-state index contributed by atoms with van der Waals surface area (Å²) in [6.07, 6.45) is 0.522. The third kappa shape index (κ3) is 3.28. The molecule has 1 saturated heterocycles.